The molecular weight excluding hydrogens is 504 g/mol. The Morgan fingerprint density at radius 3 is 2.62 bits per heavy atom. The summed E-state index contributed by atoms with van der Waals surface area (Å²) < 4.78 is 11.5. The largest absolute Gasteiger partial charge is 0.483 e. The van der Waals surface area contributed by atoms with Gasteiger partial charge in [0.1, 0.15) is 11.5 Å². The number of hydrogen-bond acceptors (Lipinski definition) is 6. The van der Waals surface area contributed by atoms with E-state index < -0.39 is 11.8 Å². The number of hydrogen-bond donors (Lipinski definition) is 3. The Morgan fingerprint density at radius 1 is 1.09 bits per heavy atom. The quantitative estimate of drug-likeness (QED) is 0.224. The fraction of sp³-hybridized carbons (Fsp3) is 0.167. The number of carbonyl (C=O) groups is 3. The molecule has 3 rings (SSSR count). The average molecular weight is 527 g/mol. The van der Waals surface area contributed by atoms with E-state index in [1.54, 1.807) is 37.3 Å². The minimum atomic E-state index is -0.909. The van der Waals surface area contributed by atoms with Crippen molar-refractivity contribution in [2.45, 2.75) is 19.5 Å². The Hall–Kier alpha value is -3.92. The van der Waals surface area contributed by atoms with E-state index in [-0.39, 0.29) is 25.1 Å². The lowest BCUT2D eigenvalue weighted by Crippen LogP contribution is -2.39. The molecule has 1 aromatic heterocycles. The molecule has 0 aliphatic heterocycles. The van der Waals surface area contributed by atoms with Crippen LogP contribution in [0.4, 0.5) is 0 Å². The van der Waals surface area contributed by atoms with Gasteiger partial charge in [0.25, 0.3) is 5.91 Å². The smallest absolute Gasteiger partial charge is 0.329 e. The first-order valence-corrected chi connectivity index (χ1v) is 11.1. The number of nitrogens with zero attached hydrogens (tertiary/aromatic N) is 1. The van der Waals surface area contributed by atoms with Crippen LogP contribution in [0.2, 0.25) is 0 Å². The zero-order valence-corrected chi connectivity index (χ0v) is 19.9. The molecule has 0 unspecified atom stereocenters. The van der Waals surface area contributed by atoms with Gasteiger partial charge in [-0.3, -0.25) is 14.4 Å². The van der Waals surface area contributed by atoms with Crippen molar-refractivity contribution in [2.24, 2.45) is 5.10 Å². The van der Waals surface area contributed by atoms with E-state index in [0.717, 1.165) is 10.0 Å². The molecule has 0 fully saturated rings. The first-order valence-electron chi connectivity index (χ1n) is 10.3. The fourth-order valence-electron chi connectivity index (χ4n) is 2.84. The van der Waals surface area contributed by atoms with Crippen LogP contribution in [-0.2, 0) is 20.9 Å². The maximum Gasteiger partial charge on any atom is 0.329 e. The molecule has 3 amide bonds. The van der Waals surface area contributed by atoms with Crippen LogP contribution < -0.4 is 20.8 Å². The molecule has 3 N–H and O–H groups in total. The molecule has 1 atom stereocenters. The summed E-state index contributed by atoms with van der Waals surface area (Å²) in [6, 6.07) is 17.5. The third kappa shape index (κ3) is 7.59. The summed E-state index contributed by atoms with van der Waals surface area (Å²) in [6.07, 6.45) is 2.85. The van der Waals surface area contributed by atoms with Crippen LogP contribution in [0.5, 0.6) is 5.75 Å². The number of rotatable bonds is 9. The van der Waals surface area contributed by atoms with E-state index in [2.05, 4.69) is 37.1 Å². The second kappa shape index (κ2) is 12.4. The lowest BCUT2D eigenvalue weighted by Gasteiger charge is -2.13. The summed E-state index contributed by atoms with van der Waals surface area (Å²) in [7, 11) is 0. The Morgan fingerprint density at radius 2 is 1.88 bits per heavy atom. The molecule has 0 bridgehead atoms. The number of amides is 3. The SMILES string of the molecule is C[C@H](NC(=O)C(=O)N/N=C\c1cc(Br)ccc1OCC(=O)NCc1ccco1)c1ccccc1. The zero-order valence-electron chi connectivity index (χ0n) is 18.3. The highest BCUT2D eigenvalue weighted by Gasteiger charge is 2.16. The van der Waals surface area contributed by atoms with E-state index in [0.29, 0.717) is 17.1 Å². The topological polar surface area (TPSA) is 122 Å². The van der Waals surface area contributed by atoms with Gasteiger partial charge in [0.05, 0.1) is 25.1 Å². The van der Waals surface area contributed by atoms with Crippen molar-refractivity contribution in [2.75, 3.05) is 6.61 Å². The standard InChI is InChI=1S/C24H23BrN4O5/c1-16(17-6-3-2-4-7-17)28-23(31)24(32)29-27-13-18-12-19(25)9-10-21(18)34-15-22(30)26-14-20-8-5-11-33-20/h2-13,16H,14-15H2,1H3,(H,26,30)(H,28,31)(H,29,32)/b27-13-/t16-/m0/s1. The summed E-state index contributed by atoms with van der Waals surface area (Å²) in [5.74, 6) is -1.06. The number of halogens is 1. The minimum absolute atomic E-state index is 0.227. The van der Waals surface area contributed by atoms with Gasteiger partial charge in [0.15, 0.2) is 6.61 Å². The first-order chi connectivity index (χ1) is 16.4. The van der Waals surface area contributed by atoms with Gasteiger partial charge in [-0.25, -0.2) is 5.43 Å². The second-order valence-corrected chi connectivity index (χ2v) is 8.05. The predicted octanol–water partition coefficient (Wildman–Crippen LogP) is 3.06. The number of ether oxygens (including phenoxy) is 1. The van der Waals surface area contributed by atoms with E-state index in [1.807, 2.05) is 30.3 Å². The Kier molecular flexibility index (Phi) is 8.98. The van der Waals surface area contributed by atoms with E-state index in [1.165, 1.54) is 12.5 Å². The lowest BCUT2D eigenvalue weighted by molar-refractivity contribution is -0.139. The molecule has 0 aliphatic rings. The summed E-state index contributed by atoms with van der Waals surface area (Å²) in [5, 5.41) is 9.14. The molecule has 0 radical (unpaired) electrons. The maximum atomic E-state index is 12.1. The highest BCUT2D eigenvalue weighted by Crippen LogP contribution is 2.21. The molecule has 3 aromatic rings. The number of hydrazone groups is 1. The van der Waals surface area contributed by atoms with Crippen molar-refractivity contribution in [1.29, 1.82) is 0 Å². The number of nitrogens with one attached hydrogen (secondary N) is 3. The third-order valence-corrected chi connectivity index (χ3v) is 5.09. The number of furan rings is 1. The Balaban J connectivity index is 1.52. The maximum absolute atomic E-state index is 12.1. The van der Waals surface area contributed by atoms with Crippen LogP contribution in [0.3, 0.4) is 0 Å². The van der Waals surface area contributed by atoms with Crippen LogP contribution in [0.1, 0.15) is 29.9 Å². The summed E-state index contributed by atoms with van der Waals surface area (Å²) in [5.41, 5.74) is 3.56. The van der Waals surface area contributed by atoms with Crippen molar-refractivity contribution >= 4 is 39.9 Å². The van der Waals surface area contributed by atoms with Crippen molar-refractivity contribution in [3.05, 3.63) is 88.3 Å². The van der Waals surface area contributed by atoms with Crippen molar-refractivity contribution in [3.63, 3.8) is 0 Å². The molecule has 0 saturated heterocycles. The predicted molar refractivity (Wildman–Crippen MR) is 129 cm³/mol. The zero-order chi connectivity index (χ0) is 24.3. The summed E-state index contributed by atoms with van der Waals surface area (Å²) in [6.45, 7) is 1.80. The lowest BCUT2D eigenvalue weighted by atomic mass is 10.1. The van der Waals surface area contributed by atoms with Crippen LogP contribution in [-0.4, -0.2) is 30.5 Å². The molecule has 1 heterocycles. The fourth-order valence-corrected chi connectivity index (χ4v) is 3.22. The van der Waals surface area contributed by atoms with E-state index >= 15 is 0 Å². The molecule has 9 nitrogen and oxygen atoms in total. The molecule has 10 heteroatoms. The average Bonchev–Trinajstić information content (AvgIpc) is 3.36. The molecule has 0 saturated carbocycles. The van der Waals surface area contributed by atoms with Crippen molar-refractivity contribution in [1.82, 2.24) is 16.1 Å². The van der Waals surface area contributed by atoms with Gasteiger partial charge >= 0.3 is 11.8 Å². The van der Waals surface area contributed by atoms with Gasteiger partial charge in [-0.2, -0.15) is 5.10 Å². The monoisotopic (exact) mass is 526 g/mol. The van der Waals surface area contributed by atoms with Gasteiger partial charge in [0.2, 0.25) is 0 Å². The van der Waals surface area contributed by atoms with Crippen LogP contribution in [0.15, 0.2) is 80.9 Å². The molecule has 0 spiro atoms. The molecule has 176 valence electrons. The van der Waals surface area contributed by atoms with Crippen LogP contribution in [0, 0.1) is 0 Å². The summed E-state index contributed by atoms with van der Waals surface area (Å²) >= 11 is 3.36. The van der Waals surface area contributed by atoms with Crippen molar-refractivity contribution in [3.8, 4) is 5.75 Å². The summed E-state index contributed by atoms with van der Waals surface area (Å²) in [4.78, 5) is 36.3. The molecule has 2 aromatic carbocycles. The van der Waals surface area contributed by atoms with Gasteiger partial charge in [-0.15, -0.1) is 0 Å². The van der Waals surface area contributed by atoms with Crippen molar-refractivity contribution < 1.29 is 23.5 Å². The highest BCUT2D eigenvalue weighted by atomic mass is 79.9. The van der Waals surface area contributed by atoms with E-state index in [4.69, 9.17) is 9.15 Å². The van der Waals surface area contributed by atoms with E-state index in [9.17, 15) is 14.4 Å². The Labute approximate surface area is 204 Å². The van der Waals surface area contributed by atoms with Gasteiger partial charge in [-0.05, 0) is 42.8 Å². The normalized spacial score (nSPS) is 11.6. The highest BCUT2D eigenvalue weighted by molar-refractivity contribution is 9.10. The first kappa shape index (κ1) is 24.7. The molecular formula is C24H23BrN4O5. The Bertz CT molecular complexity index is 1150. The van der Waals surface area contributed by atoms with Gasteiger partial charge in [0, 0.05) is 10.0 Å². The van der Waals surface area contributed by atoms with Crippen LogP contribution in [0.25, 0.3) is 0 Å². The minimum Gasteiger partial charge on any atom is -0.483 e. The second-order valence-electron chi connectivity index (χ2n) is 7.13. The number of benzene rings is 2. The van der Waals surface area contributed by atoms with Gasteiger partial charge in [-0.1, -0.05) is 46.3 Å². The molecule has 34 heavy (non-hydrogen) atoms. The van der Waals surface area contributed by atoms with Crippen LogP contribution >= 0.6 is 15.9 Å². The van der Waals surface area contributed by atoms with Gasteiger partial charge < -0.3 is 19.8 Å². The molecule has 0 aliphatic carbocycles. The number of carbonyl (C=O) groups excluding carboxylic acids is 3. The third-order valence-electron chi connectivity index (χ3n) is 4.59.